The Morgan fingerprint density at radius 2 is 1.71 bits per heavy atom. The molecule has 0 unspecified atom stereocenters. The van der Waals surface area contributed by atoms with Gasteiger partial charge in [0.05, 0.1) is 0 Å². The van der Waals surface area contributed by atoms with Crippen molar-refractivity contribution < 1.29 is 9.59 Å². The molecule has 0 fully saturated rings. The van der Waals surface area contributed by atoms with E-state index in [1.54, 1.807) is 0 Å². The largest absolute Gasteiger partial charge is 0.350 e. The van der Waals surface area contributed by atoms with Gasteiger partial charge in [0, 0.05) is 31.9 Å². The van der Waals surface area contributed by atoms with Crippen molar-refractivity contribution in [2.45, 2.75) is 26.3 Å². The smallest absolute Gasteiger partial charge is 0.286 e. The third-order valence-corrected chi connectivity index (χ3v) is 6.19. The molecule has 4 rings (SSSR count). The predicted octanol–water partition coefficient (Wildman–Crippen LogP) is 3.28. The zero-order valence-corrected chi connectivity index (χ0v) is 18.2. The minimum Gasteiger partial charge on any atom is -0.350 e. The van der Waals surface area contributed by atoms with Crippen molar-refractivity contribution in [2.75, 3.05) is 25.0 Å². The maximum Gasteiger partial charge on any atom is 0.286 e. The topological polar surface area (TPSA) is 87.2 Å². The van der Waals surface area contributed by atoms with Crippen molar-refractivity contribution in [2.24, 2.45) is 0 Å². The van der Waals surface area contributed by atoms with Gasteiger partial charge in [0.15, 0.2) is 0 Å². The summed E-state index contributed by atoms with van der Waals surface area (Å²) in [4.78, 5) is 27.1. The lowest BCUT2D eigenvalue weighted by molar-refractivity contribution is 0.0949. The molecular formula is C23H25N5O2S. The average molecular weight is 436 g/mol. The Bertz CT molecular complexity index is 1060. The van der Waals surface area contributed by atoms with Crippen molar-refractivity contribution in [1.82, 2.24) is 20.4 Å². The SMILES string of the molecule is Cc1ccc(NC(=O)c2nnc(C(=O)NCCCN3CCc4ccccc4C3)s2)cc1. The van der Waals surface area contributed by atoms with E-state index in [-0.39, 0.29) is 21.8 Å². The van der Waals surface area contributed by atoms with Crippen LogP contribution in [0.3, 0.4) is 0 Å². The first-order chi connectivity index (χ1) is 15.1. The van der Waals surface area contributed by atoms with E-state index in [4.69, 9.17) is 0 Å². The summed E-state index contributed by atoms with van der Waals surface area (Å²) in [5.41, 5.74) is 4.61. The van der Waals surface area contributed by atoms with Crippen LogP contribution in [-0.4, -0.2) is 46.5 Å². The Morgan fingerprint density at radius 1 is 1.00 bits per heavy atom. The minimum absolute atomic E-state index is 0.165. The van der Waals surface area contributed by atoms with Gasteiger partial charge in [0.2, 0.25) is 10.0 Å². The monoisotopic (exact) mass is 435 g/mol. The fourth-order valence-corrected chi connectivity index (χ4v) is 4.21. The first-order valence-electron chi connectivity index (χ1n) is 10.4. The van der Waals surface area contributed by atoms with Crippen molar-refractivity contribution in [3.63, 3.8) is 0 Å². The lowest BCUT2D eigenvalue weighted by atomic mass is 10.00. The van der Waals surface area contributed by atoms with Crippen LogP contribution in [0.4, 0.5) is 5.69 Å². The molecule has 2 N–H and O–H groups in total. The van der Waals surface area contributed by atoms with E-state index in [9.17, 15) is 9.59 Å². The fraction of sp³-hybridized carbons (Fsp3) is 0.304. The molecule has 0 bridgehead atoms. The van der Waals surface area contributed by atoms with E-state index < -0.39 is 0 Å². The lowest BCUT2D eigenvalue weighted by Crippen LogP contribution is -2.33. The van der Waals surface area contributed by atoms with Gasteiger partial charge in [-0.15, -0.1) is 10.2 Å². The highest BCUT2D eigenvalue weighted by Gasteiger charge is 2.18. The number of rotatable bonds is 7. The number of nitrogens with zero attached hydrogens (tertiary/aromatic N) is 3. The number of anilines is 1. The van der Waals surface area contributed by atoms with Gasteiger partial charge in [-0.2, -0.15) is 0 Å². The lowest BCUT2D eigenvalue weighted by Gasteiger charge is -2.28. The van der Waals surface area contributed by atoms with E-state index in [2.05, 4.69) is 50.0 Å². The van der Waals surface area contributed by atoms with Crippen LogP contribution >= 0.6 is 11.3 Å². The number of fused-ring (bicyclic) bond motifs is 1. The molecule has 7 nitrogen and oxygen atoms in total. The molecule has 31 heavy (non-hydrogen) atoms. The molecule has 0 saturated heterocycles. The zero-order chi connectivity index (χ0) is 21.6. The van der Waals surface area contributed by atoms with Crippen LogP contribution in [0.2, 0.25) is 0 Å². The summed E-state index contributed by atoms with van der Waals surface area (Å²) in [6.45, 7) is 5.46. The van der Waals surface area contributed by atoms with E-state index in [1.807, 2.05) is 31.2 Å². The maximum absolute atomic E-state index is 12.3. The van der Waals surface area contributed by atoms with Gasteiger partial charge in [0.25, 0.3) is 11.8 Å². The van der Waals surface area contributed by atoms with Gasteiger partial charge in [-0.05, 0) is 43.0 Å². The van der Waals surface area contributed by atoms with Crippen LogP contribution in [0.15, 0.2) is 48.5 Å². The van der Waals surface area contributed by atoms with Crippen molar-refractivity contribution in [3.8, 4) is 0 Å². The number of carbonyl (C=O) groups excluding carboxylic acids is 2. The van der Waals surface area contributed by atoms with Crippen LogP contribution in [0.25, 0.3) is 0 Å². The molecule has 2 amide bonds. The molecule has 3 aromatic rings. The normalized spacial score (nSPS) is 13.5. The Balaban J connectivity index is 1.21. The second-order valence-corrected chi connectivity index (χ2v) is 8.61. The molecular weight excluding hydrogens is 410 g/mol. The first kappa shape index (κ1) is 21.1. The van der Waals surface area contributed by atoms with Gasteiger partial charge in [-0.1, -0.05) is 53.3 Å². The van der Waals surface area contributed by atoms with Crippen LogP contribution in [0.1, 0.15) is 42.7 Å². The Morgan fingerprint density at radius 3 is 2.48 bits per heavy atom. The molecule has 1 aliphatic rings. The molecule has 2 aromatic carbocycles. The van der Waals surface area contributed by atoms with Crippen LogP contribution < -0.4 is 10.6 Å². The summed E-state index contributed by atoms with van der Waals surface area (Å²) in [5, 5.41) is 13.7. The third kappa shape index (κ3) is 5.53. The molecule has 0 saturated carbocycles. The minimum atomic E-state index is -0.370. The molecule has 1 aromatic heterocycles. The summed E-state index contributed by atoms with van der Waals surface area (Å²) in [6.07, 6.45) is 1.92. The highest BCUT2D eigenvalue weighted by atomic mass is 32.1. The number of amides is 2. The van der Waals surface area contributed by atoms with Gasteiger partial charge in [-0.25, -0.2) is 0 Å². The average Bonchev–Trinajstić information content (AvgIpc) is 3.29. The predicted molar refractivity (Wildman–Crippen MR) is 121 cm³/mol. The van der Waals surface area contributed by atoms with Gasteiger partial charge in [-0.3, -0.25) is 14.5 Å². The number of aryl methyl sites for hydroxylation is 1. The van der Waals surface area contributed by atoms with E-state index in [1.165, 1.54) is 11.1 Å². The summed E-state index contributed by atoms with van der Waals surface area (Å²) in [5.74, 6) is -0.665. The number of carbonyl (C=O) groups is 2. The first-order valence-corrected chi connectivity index (χ1v) is 11.2. The van der Waals surface area contributed by atoms with Crippen molar-refractivity contribution >= 4 is 28.8 Å². The summed E-state index contributed by atoms with van der Waals surface area (Å²) >= 11 is 0.993. The summed E-state index contributed by atoms with van der Waals surface area (Å²) < 4.78 is 0. The molecule has 8 heteroatoms. The van der Waals surface area contributed by atoms with E-state index >= 15 is 0 Å². The molecule has 160 valence electrons. The quantitative estimate of drug-likeness (QED) is 0.556. The molecule has 0 atom stereocenters. The Labute approximate surface area is 185 Å². The van der Waals surface area contributed by atoms with Gasteiger partial charge in [0.1, 0.15) is 0 Å². The number of hydrogen-bond acceptors (Lipinski definition) is 6. The fourth-order valence-electron chi connectivity index (χ4n) is 3.55. The van der Waals surface area contributed by atoms with Crippen LogP contribution in [0, 0.1) is 6.92 Å². The van der Waals surface area contributed by atoms with E-state index in [0.29, 0.717) is 12.2 Å². The van der Waals surface area contributed by atoms with Gasteiger partial charge >= 0.3 is 0 Å². The zero-order valence-electron chi connectivity index (χ0n) is 17.4. The van der Waals surface area contributed by atoms with Crippen molar-refractivity contribution in [1.29, 1.82) is 0 Å². The highest BCUT2D eigenvalue weighted by Crippen LogP contribution is 2.18. The van der Waals surface area contributed by atoms with E-state index in [0.717, 1.165) is 49.4 Å². The molecule has 0 radical (unpaired) electrons. The molecule has 2 heterocycles. The third-order valence-electron chi connectivity index (χ3n) is 5.27. The number of nitrogens with one attached hydrogen (secondary N) is 2. The van der Waals surface area contributed by atoms with Gasteiger partial charge < -0.3 is 10.6 Å². The Kier molecular flexibility index (Phi) is 6.69. The standard InChI is InChI=1S/C23H25N5O2S/c1-16-7-9-19(10-8-16)25-21(30)23-27-26-22(31-23)20(29)24-12-4-13-28-14-11-17-5-2-3-6-18(17)15-28/h2-3,5-10H,4,11-15H2,1H3,(H,24,29)(H,25,30). The second kappa shape index (κ2) is 9.80. The van der Waals surface area contributed by atoms with Crippen molar-refractivity contribution in [3.05, 3.63) is 75.2 Å². The molecule has 1 aliphatic heterocycles. The maximum atomic E-state index is 12.3. The summed E-state index contributed by atoms with van der Waals surface area (Å²) in [6, 6.07) is 16.0. The second-order valence-electron chi connectivity index (χ2n) is 7.64. The number of benzene rings is 2. The van der Waals surface area contributed by atoms with Crippen LogP contribution in [0.5, 0.6) is 0 Å². The molecule has 0 aliphatic carbocycles. The number of aromatic nitrogens is 2. The number of hydrogen-bond donors (Lipinski definition) is 2. The highest BCUT2D eigenvalue weighted by molar-refractivity contribution is 7.15. The molecule has 0 spiro atoms. The Hall–Kier alpha value is -3.10. The van der Waals surface area contributed by atoms with Crippen LogP contribution in [-0.2, 0) is 13.0 Å². The summed E-state index contributed by atoms with van der Waals surface area (Å²) in [7, 11) is 0.